The molecule has 0 bridgehead atoms. The van der Waals surface area contributed by atoms with Crippen molar-refractivity contribution in [2.75, 3.05) is 32.8 Å². The van der Waals surface area contributed by atoms with E-state index in [1.54, 1.807) is 11.3 Å². The average molecular weight is 539 g/mol. The van der Waals surface area contributed by atoms with Gasteiger partial charge in [0.1, 0.15) is 12.4 Å². The Morgan fingerprint density at radius 2 is 1.74 bits per heavy atom. The summed E-state index contributed by atoms with van der Waals surface area (Å²) in [4.78, 5) is 28.0. The molecule has 1 unspecified atom stereocenters. The number of Topliss-reactive ketones (excluding diaryl/α,β-unsaturated/α-hetero) is 1. The van der Waals surface area contributed by atoms with Gasteiger partial charge in [-0.3, -0.25) is 14.5 Å². The minimum atomic E-state index is 0.0418. The van der Waals surface area contributed by atoms with Gasteiger partial charge in [0.05, 0.1) is 0 Å². The maximum absolute atomic E-state index is 12.8. The van der Waals surface area contributed by atoms with Gasteiger partial charge in [-0.1, -0.05) is 54.6 Å². The first-order valence-electron chi connectivity index (χ1n) is 14.0. The minimum Gasteiger partial charge on any atom is -0.492 e. The Labute approximate surface area is 233 Å². The predicted octanol–water partition coefficient (Wildman–Crippen LogP) is 6.34. The Balaban J connectivity index is 1.17. The molecule has 6 heteroatoms. The zero-order chi connectivity index (χ0) is 26.6. The monoisotopic (exact) mass is 538 g/mol. The molecule has 0 aliphatic carbocycles. The molecule has 1 N–H and O–H groups in total. The zero-order valence-corrected chi connectivity index (χ0v) is 23.0. The lowest BCUT2D eigenvalue weighted by Crippen LogP contribution is -2.25. The summed E-state index contributed by atoms with van der Waals surface area (Å²) in [6.45, 7) is 4.71. The highest BCUT2D eigenvalue weighted by molar-refractivity contribution is 7.22. The number of rotatable bonds is 10. The molecule has 2 saturated heterocycles. The summed E-state index contributed by atoms with van der Waals surface area (Å²) in [7, 11) is 0. The largest absolute Gasteiger partial charge is 0.492 e. The SMILES string of the molecule is O=C1CC(CC(=O)c2ccc(-c3sc4ccccc4c3Cc3ccc(OCCN4CCCC4)cc3)cc2)CN1. The van der Waals surface area contributed by atoms with Crippen LogP contribution in [0.25, 0.3) is 20.5 Å². The van der Waals surface area contributed by atoms with Gasteiger partial charge in [-0.15, -0.1) is 11.3 Å². The van der Waals surface area contributed by atoms with Gasteiger partial charge in [-0.2, -0.15) is 0 Å². The highest BCUT2D eigenvalue weighted by Crippen LogP contribution is 2.40. The Morgan fingerprint density at radius 1 is 0.974 bits per heavy atom. The van der Waals surface area contributed by atoms with Crippen LogP contribution >= 0.6 is 11.3 Å². The van der Waals surface area contributed by atoms with Gasteiger partial charge >= 0.3 is 0 Å². The molecule has 0 saturated carbocycles. The van der Waals surface area contributed by atoms with Crippen LogP contribution in [0.4, 0.5) is 0 Å². The van der Waals surface area contributed by atoms with Crippen LogP contribution in [0.2, 0.25) is 0 Å². The van der Waals surface area contributed by atoms with Crippen molar-refractivity contribution < 1.29 is 14.3 Å². The lowest BCUT2D eigenvalue weighted by molar-refractivity contribution is -0.119. The molecule has 1 aromatic heterocycles. The van der Waals surface area contributed by atoms with Gasteiger partial charge in [-0.25, -0.2) is 0 Å². The van der Waals surface area contributed by atoms with Crippen molar-refractivity contribution in [1.29, 1.82) is 0 Å². The molecular weight excluding hydrogens is 504 g/mol. The topological polar surface area (TPSA) is 58.6 Å². The summed E-state index contributed by atoms with van der Waals surface area (Å²) in [5.41, 5.74) is 4.40. The molecule has 39 heavy (non-hydrogen) atoms. The van der Waals surface area contributed by atoms with Gasteiger partial charge < -0.3 is 10.1 Å². The number of nitrogens with zero attached hydrogens (tertiary/aromatic N) is 1. The van der Waals surface area contributed by atoms with E-state index in [0.717, 1.165) is 30.9 Å². The van der Waals surface area contributed by atoms with E-state index in [1.165, 1.54) is 52.0 Å². The predicted molar refractivity (Wildman–Crippen MR) is 158 cm³/mol. The summed E-state index contributed by atoms with van der Waals surface area (Å²) in [6, 6.07) is 25.1. The van der Waals surface area contributed by atoms with Crippen molar-refractivity contribution in [2.24, 2.45) is 5.92 Å². The highest BCUT2D eigenvalue weighted by atomic mass is 32.1. The summed E-state index contributed by atoms with van der Waals surface area (Å²) in [6.07, 6.45) is 4.29. The van der Waals surface area contributed by atoms with Gasteiger partial charge in [0.25, 0.3) is 0 Å². The number of ether oxygens (including phenoxy) is 1. The van der Waals surface area contributed by atoms with E-state index in [2.05, 4.69) is 70.9 Å². The van der Waals surface area contributed by atoms with Crippen LogP contribution in [0.5, 0.6) is 5.75 Å². The number of nitrogens with one attached hydrogen (secondary N) is 1. The number of likely N-dealkylation sites (tertiary alicyclic amines) is 1. The van der Waals surface area contributed by atoms with E-state index in [9.17, 15) is 9.59 Å². The number of benzene rings is 3. The second kappa shape index (κ2) is 11.7. The van der Waals surface area contributed by atoms with Gasteiger partial charge in [0, 0.05) is 41.1 Å². The molecule has 0 radical (unpaired) electrons. The third-order valence-corrected chi connectivity index (χ3v) is 9.14. The average Bonchev–Trinajstić information content (AvgIpc) is 3.71. The van der Waals surface area contributed by atoms with Gasteiger partial charge in [-0.05, 0) is 78.5 Å². The fourth-order valence-corrected chi connectivity index (χ4v) is 6.94. The molecule has 200 valence electrons. The van der Waals surface area contributed by atoms with Crippen LogP contribution in [-0.2, 0) is 11.2 Å². The maximum Gasteiger partial charge on any atom is 0.220 e. The number of fused-ring (bicyclic) bond motifs is 1. The van der Waals surface area contributed by atoms with E-state index < -0.39 is 0 Å². The maximum atomic E-state index is 12.8. The number of hydrogen-bond acceptors (Lipinski definition) is 5. The molecule has 1 amide bonds. The number of carbonyl (C=O) groups excluding carboxylic acids is 2. The number of ketones is 1. The first-order valence-corrected chi connectivity index (χ1v) is 14.8. The van der Waals surface area contributed by atoms with Gasteiger partial charge in [0.2, 0.25) is 5.91 Å². The summed E-state index contributed by atoms with van der Waals surface area (Å²) >= 11 is 1.80. The molecule has 3 aromatic carbocycles. The Hall–Kier alpha value is -3.48. The molecule has 3 heterocycles. The first-order chi connectivity index (χ1) is 19.1. The molecule has 5 nitrogen and oxygen atoms in total. The third kappa shape index (κ3) is 6.07. The third-order valence-electron chi connectivity index (χ3n) is 7.88. The normalized spacial score (nSPS) is 17.5. The lowest BCUT2D eigenvalue weighted by atomic mass is 9.95. The van der Waals surface area contributed by atoms with Crippen molar-refractivity contribution in [3.05, 3.63) is 89.5 Å². The van der Waals surface area contributed by atoms with E-state index in [1.807, 2.05) is 12.1 Å². The number of hydrogen-bond donors (Lipinski definition) is 1. The Morgan fingerprint density at radius 3 is 2.49 bits per heavy atom. The highest BCUT2D eigenvalue weighted by Gasteiger charge is 2.24. The Bertz CT molecular complexity index is 1450. The summed E-state index contributed by atoms with van der Waals surface area (Å²) < 4.78 is 7.28. The Kier molecular flexibility index (Phi) is 7.75. The van der Waals surface area contributed by atoms with E-state index in [4.69, 9.17) is 4.74 Å². The van der Waals surface area contributed by atoms with Crippen molar-refractivity contribution in [1.82, 2.24) is 10.2 Å². The number of carbonyl (C=O) groups is 2. The van der Waals surface area contributed by atoms with Crippen LogP contribution in [-0.4, -0.2) is 49.4 Å². The summed E-state index contributed by atoms with van der Waals surface area (Å²) in [5.74, 6) is 1.16. The van der Waals surface area contributed by atoms with Crippen LogP contribution in [0, 0.1) is 5.92 Å². The fraction of sp³-hybridized carbons (Fsp3) is 0.333. The molecule has 2 aliphatic rings. The van der Waals surface area contributed by atoms with Crippen molar-refractivity contribution in [3.63, 3.8) is 0 Å². The zero-order valence-electron chi connectivity index (χ0n) is 22.2. The standard InChI is InChI=1S/C33H34N2O3S/c36-30(20-24-21-32(37)34-22-24)25-9-11-26(12-10-25)33-29(28-5-1-2-6-31(28)39-33)19-23-7-13-27(14-8-23)38-18-17-35-15-3-4-16-35/h1-2,5-14,24H,3-4,15-22H2,(H,34,37). The molecule has 4 aromatic rings. The molecule has 0 spiro atoms. The molecule has 6 rings (SSSR count). The van der Waals surface area contributed by atoms with Crippen LogP contribution in [0.3, 0.4) is 0 Å². The smallest absolute Gasteiger partial charge is 0.220 e. The van der Waals surface area contributed by atoms with Crippen molar-refractivity contribution in [2.45, 2.75) is 32.1 Å². The molecule has 1 atom stereocenters. The van der Waals surface area contributed by atoms with Crippen LogP contribution in [0.1, 0.15) is 47.2 Å². The first kappa shape index (κ1) is 25.8. The molecule has 2 aliphatic heterocycles. The second-order valence-corrected chi connectivity index (χ2v) is 11.8. The van der Waals surface area contributed by atoms with E-state index in [0.29, 0.717) is 24.9 Å². The van der Waals surface area contributed by atoms with E-state index >= 15 is 0 Å². The number of amides is 1. The number of thiophene rings is 1. The molecule has 2 fully saturated rings. The minimum absolute atomic E-state index is 0.0418. The lowest BCUT2D eigenvalue weighted by Gasteiger charge is -2.15. The van der Waals surface area contributed by atoms with Crippen molar-refractivity contribution >= 4 is 33.1 Å². The summed E-state index contributed by atoms with van der Waals surface area (Å²) in [5, 5.41) is 4.10. The van der Waals surface area contributed by atoms with Gasteiger partial charge in [0.15, 0.2) is 5.78 Å². The quantitative estimate of drug-likeness (QED) is 0.239. The van der Waals surface area contributed by atoms with E-state index in [-0.39, 0.29) is 17.6 Å². The second-order valence-electron chi connectivity index (χ2n) is 10.7. The van der Waals surface area contributed by atoms with Crippen molar-refractivity contribution in [3.8, 4) is 16.2 Å². The molecular formula is C33H34N2O3S. The van der Waals surface area contributed by atoms with Crippen LogP contribution < -0.4 is 10.1 Å². The van der Waals surface area contributed by atoms with Crippen LogP contribution in [0.15, 0.2) is 72.8 Å². The fourth-order valence-electron chi connectivity index (χ4n) is 5.71.